The first kappa shape index (κ1) is 13.6. The summed E-state index contributed by atoms with van der Waals surface area (Å²) in [5.74, 6) is 0.361. The van der Waals surface area contributed by atoms with Crippen molar-refractivity contribution < 1.29 is 9.90 Å². The Hall–Kier alpha value is -1.36. The number of hydrogen-bond donors (Lipinski definition) is 1. The molecule has 5 heteroatoms. The van der Waals surface area contributed by atoms with Gasteiger partial charge in [-0.1, -0.05) is 12.8 Å². The minimum absolute atomic E-state index is 0.112. The molecule has 2 fully saturated rings. The molecule has 3 rings (SSSR count). The molecule has 1 saturated carbocycles. The lowest BCUT2D eigenvalue weighted by atomic mass is 9.71. The highest BCUT2D eigenvalue weighted by Gasteiger charge is 2.44. The molecule has 3 unspecified atom stereocenters. The average Bonchev–Trinajstić information content (AvgIpc) is 2.99. The second-order valence-electron chi connectivity index (χ2n) is 6.24. The number of carbonyl (C=O) groups excluding carboxylic acids is 1. The van der Waals surface area contributed by atoms with Crippen molar-refractivity contribution in [1.29, 1.82) is 0 Å². The fourth-order valence-corrected chi connectivity index (χ4v) is 3.66. The highest BCUT2D eigenvalue weighted by Crippen LogP contribution is 2.40. The molecule has 1 saturated heterocycles. The van der Waals surface area contributed by atoms with Crippen LogP contribution in [-0.4, -0.2) is 44.4 Å². The normalized spacial score (nSPS) is 31.7. The van der Waals surface area contributed by atoms with Crippen LogP contribution in [0.5, 0.6) is 0 Å². The monoisotopic (exact) mass is 277 g/mol. The van der Waals surface area contributed by atoms with Gasteiger partial charge in [0, 0.05) is 31.4 Å². The maximum absolute atomic E-state index is 12.6. The Kier molecular flexibility index (Phi) is 3.54. The zero-order valence-electron chi connectivity index (χ0n) is 12.0. The lowest BCUT2D eigenvalue weighted by Gasteiger charge is -2.47. The summed E-state index contributed by atoms with van der Waals surface area (Å²) in [7, 11) is 0. The predicted molar refractivity (Wildman–Crippen MR) is 75.0 cm³/mol. The number of hydrogen-bond acceptors (Lipinski definition) is 3. The van der Waals surface area contributed by atoms with E-state index in [4.69, 9.17) is 0 Å². The van der Waals surface area contributed by atoms with Crippen molar-refractivity contribution in [3.63, 3.8) is 0 Å². The first-order valence-electron chi connectivity index (χ1n) is 7.60. The molecule has 20 heavy (non-hydrogen) atoms. The highest BCUT2D eigenvalue weighted by molar-refractivity contribution is 5.80. The van der Waals surface area contributed by atoms with E-state index in [1.807, 2.05) is 24.1 Å². The van der Waals surface area contributed by atoms with Crippen LogP contribution in [0.3, 0.4) is 0 Å². The van der Waals surface area contributed by atoms with Gasteiger partial charge >= 0.3 is 0 Å². The van der Waals surface area contributed by atoms with Crippen LogP contribution in [0.25, 0.3) is 0 Å². The third-order valence-corrected chi connectivity index (χ3v) is 5.02. The van der Waals surface area contributed by atoms with Gasteiger partial charge < -0.3 is 10.0 Å². The Labute approximate surface area is 119 Å². The van der Waals surface area contributed by atoms with E-state index < -0.39 is 5.60 Å². The molecule has 1 aliphatic heterocycles. The van der Waals surface area contributed by atoms with Gasteiger partial charge in [-0.15, -0.1) is 0 Å². The standard InChI is InChI=1S/C15H23N3O2/c1-12(18-9-4-8-16-18)14(19)17-10-7-15(20)6-3-2-5-13(15)11-17/h4,8-9,12-13,20H,2-3,5-7,10-11H2,1H3. The summed E-state index contributed by atoms with van der Waals surface area (Å²) in [4.78, 5) is 14.5. The van der Waals surface area contributed by atoms with E-state index in [9.17, 15) is 9.90 Å². The first-order valence-corrected chi connectivity index (χ1v) is 7.60. The Balaban J connectivity index is 1.68. The van der Waals surface area contributed by atoms with Crippen molar-refractivity contribution in [3.05, 3.63) is 18.5 Å². The number of likely N-dealkylation sites (tertiary alicyclic amines) is 1. The fourth-order valence-electron chi connectivity index (χ4n) is 3.66. The molecule has 5 nitrogen and oxygen atoms in total. The van der Waals surface area contributed by atoms with Crippen molar-refractivity contribution in [2.24, 2.45) is 5.92 Å². The minimum atomic E-state index is -0.524. The van der Waals surface area contributed by atoms with E-state index in [1.54, 1.807) is 10.9 Å². The van der Waals surface area contributed by atoms with Gasteiger partial charge in [0.15, 0.2) is 0 Å². The Morgan fingerprint density at radius 2 is 2.30 bits per heavy atom. The summed E-state index contributed by atoms with van der Waals surface area (Å²) >= 11 is 0. The van der Waals surface area contributed by atoms with Gasteiger partial charge in [0.1, 0.15) is 6.04 Å². The van der Waals surface area contributed by atoms with E-state index in [1.165, 1.54) is 6.42 Å². The van der Waals surface area contributed by atoms with Crippen LogP contribution < -0.4 is 0 Å². The van der Waals surface area contributed by atoms with Gasteiger partial charge in [-0.05, 0) is 32.3 Å². The van der Waals surface area contributed by atoms with Crippen LogP contribution in [0, 0.1) is 5.92 Å². The van der Waals surface area contributed by atoms with Gasteiger partial charge in [-0.25, -0.2) is 0 Å². The van der Waals surface area contributed by atoms with Crippen LogP contribution in [0.15, 0.2) is 18.5 Å². The van der Waals surface area contributed by atoms with Crippen molar-refractivity contribution >= 4 is 5.91 Å². The van der Waals surface area contributed by atoms with Crippen molar-refractivity contribution in [2.45, 2.75) is 50.7 Å². The van der Waals surface area contributed by atoms with Crippen LogP contribution in [-0.2, 0) is 4.79 Å². The van der Waals surface area contributed by atoms with Gasteiger partial charge in [0.05, 0.1) is 5.60 Å². The van der Waals surface area contributed by atoms with E-state index in [-0.39, 0.29) is 17.9 Å². The molecule has 2 heterocycles. The van der Waals surface area contributed by atoms with Crippen LogP contribution >= 0.6 is 0 Å². The molecule has 3 atom stereocenters. The van der Waals surface area contributed by atoms with Crippen LogP contribution in [0.2, 0.25) is 0 Å². The van der Waals surface area contributed by atoms with Gasteiger partial charge in [-0.2, -0.15) is 5.10 Å². The summed E-state index contributed by atoms with van der Waals surface area (Å²) in [6.07, 6.45) is 8.46. The Morgan fingerprint density at radius 1 is 1.45 bits per heavy atom. The first-order chi connectivity index (χ1) is 9.60. The predicted octanol–water partition coefficient (Wildman–Crippen LogP) is 1.60. The van der Waals surface area contributed by atoms with E-state index in [0.717, 1.165) is 25.7 Å². The van der Waals surface area contributed by atoms with Gasteiger partial charge in [0.2, 0.25) is 5.91 Å². The fraction of sp³-hybridized carbons (Fsp3) is 0.733. The molecule has 0 spiro atoms. The molecule has 1 aliphatic carbocycles. The summed E-state index contributed by atoms with van der Waals surface area (Å²) in [5, 5.41) is 14.8. The van der Waals surface area contributed by atoms with Crippen molar-refractivity contribution in [1.82, 2.24) is 14.7 Å². The molecule has 1 amide bonds. The molecule has 0 bridgehead atoms. The number of rotatable bonds is 2. The lowest BCUT2D eigenvalue weighted by molar-refractivity contribution is -0.146. The summed E-state index contributed by atoms with van der Waals surface area (Å²) in [6, 6.07) is 1.57. The van der Waals surface area contributed by atoms with E-state index in [2.05, 4.69) is 5.10 Å². The average molecular weight is 277 g/mol. The molecule has 1 N–H and O–H groups in total. The quantitative estimate of drug-likeness (QED) is 0.893. The maximum Gasteiger partial charge on any atom is 0.247 e. The number of piperidine rings is 1. The second kappa shape index (κ2) is 5.20. The molecule has 1 aromatic rings. The minimum Gasteiger partial charge on any atom is -0.389 e. The van der Waals surface area contributed by atoms with Crippen molar-refractivity contribution in [2.75, 3.05) is 13.1 Å². The summed E-state index contributed by atoms with van der Waals surface area (Å²) in [6.45, 7) is 3.25. The van der Waals surface area contributed by atoms with Crippen LogP contribution in [0.4, 0.5) is 0 Å². The number of amides is 1. The van der Waals surface area contributed by atoms with E-state index in [0.29, 0.717) is 13.1 Å². The highest BCUT2D eigenvalue weighted by atomic mass is 16.3. The molecule has 110 valence electrons. The molecule has 2 aliphatic rings. The Morgan fingerprint density at radius 3 is 3.05 bits per heavy atom. The molecular formula is C15H23N3O2. The zero-order valence-corrected chi connectivity index (χ0v) is 12.0. The number of nitrogens with zero attached hydrogens (tertiary/aromatic N) is 3. The third kappa shape index (κ3) is 2.35. The van der Waals surface area contributed by atoms with Gasteiger partial charge in [-0.3, -0.25) is 9.48 Å². The second-order valence-corrected chi connectivity index (χ2v) is 6.24. The molecule has 0 radical (unpaired) electrons. The lowest BCUT2D eigenvalue weighted by Crippen LogP contribution is -2.55. The molecular weight excluding hydrogens is 254 g/mol. The third-order valence-electron chi connectivity index (χ3n) is 5.02. The van der Waals surface area contributed by atoms with Crippen LogP contribution in [0.1, 0.15) is 45.1 Å². The number of aliphatic hydroxyl groups is 1. The smallest absolute Gasteiger partial charge is 0.247 e. The molecule has 1 aromatic heterocycles. The van der Waals surface area contributed by atoms with Gasteiger partial charge in [0.25, 0.3) is 0 Å². The van der Waals surface area contributed by atoms with Crippen molar-refractivity contribution in [3.8, 4) is 0 Å². The SMILES string of the molecule is CC(C(=O)N1CCC2(O)CCCCC2C1)n1cccn1. The zero-order chi connectivity index (χ0) is 14.2. The summed E-state index contributed by atoms with van der Waals surface area (Å²) in [5.41, 5.74) is -0.524. The van der Waals surface area contributed by atoms with E-state index >= 15 is 0 Å². The maximum atomic E-state index is 12.6. The largest absolute Gasteiger partial charge is 0.389 e. The summed E-state index contributed by atoms with van der Waals surface area (Å²) < 4.78 is 1.70. The topological polar surface area (TPSA) is 58.4 Å². The number of aromatic nitrogens is 2. The Bertz CT molecular complexity index is 473. The number of fused-ring (bicyclic) bond motifs is 1. The number of carbonyl (C=O) groups is 1. The molecule has 0 aromatic carbocycles.